The standard InChI is InChI=1S/C44H88NO6P/c1-6-8-10-12-14-16-18-20-22-24-26-28-30-32-34-36-39-48-42-44(43-51-52(46,47)50-41-38-45(3,4)5)49-40-37-35-33-31-29-27-25-23-21-19-17-15-13-11-9-7-2/h20,22,25,27,44H,6-19,21,23-24,26,28-43H2,1-5H3/b22-20+,27-25+. The summed E-state index contributed by atoms with van der Waals surface area (Å²) in [6.07, 6.45) is 44.7. The van der Waals surface area contributed by atoms with E-state index in [1.54, 1.807) is 0 Å². The third-order valence-corrected chi connectivity index (χ3v) is 10.5. The van der Waals surface area contributed by atoms with E-state index in [-0.39, 0.29) is 13.2 Å². The highest BCUT2D eigenvalue weighted by atomic mass is 31.2. The van der Waals surface area contributed by atoms with Gasteiger partial charge in [0.2, 0.25) is 0 Å². The minimum Gasteiger partial charge on any atom is -0.756 e. The Morgan fingerprint density at radius 1 is 0.500 bits per heavy atom. The first-order valence-electron chi connectivity index (χ1n) is 22.1. The predicted molar refractivity (Wildman–Crippen MR) is 222 cm³/mol. The van der Waals surface area contributed by atoms with Gasteiger partial charge in [0, 0.05) is 13.2 Å². The predicted octanol–water partition coefficient (Wildman–Crippen LogP) is 12.7. The number of rotatable bonds is 42. The van der Waals surface area contributed by atoms with Crippen molar-refractivity contribution in [1.82, 2.24) is 0 Å². The smallest absolute Gasteiger partial charge is 0.268 e. The second-order valence-electron chi connectivity index (χ2n) is 16.0. The lowest BCUT2D eigenvalue weighted by atomic mass is 10.1. The van der Waals surface area contributed by atoms with Gasteiger partial charge in [0.05, 0.1) is 34.4 Å². The summed E-state index contributed by atoms with van der Waals surface area (Å²) in [5.74, 6) is 0. The molecule has 0 radical (unpaired) electrons. The monoisotopic (exact) mass is 758 g/mol. The molecule has 0 amide bonds. The molecule has 0 heterocycles. The maximum atomic E-state index is 12.4. The lowest BCUT2D eigenvalue weighted by Gasteiger charge is -2.28. The SMILES string of the molecule is CCCCCCCC/C=C/CCCCCCCCOCC(COP(=O)([O-])OCC[N+](C)(C)C)OCCCCCC/C=C/CCCCCCCCCC. The van der Waals surface area contributed by atoms with Crippen molar-refractivity contribution in [3.63, 3.8) is 0 Å². The largest absolute Gasteiger partial charge is 0.756 e. The van der Waals surface area contributed by atoms with Crippen molar-refractivity contribution in [3.8, 4) is 0 Å². The summed E-state index contributed by atoms with van der Waals surface area (Å²) < 4.78 is 35.3. The molecule has 0 bridgehead atoms. The zero-order valence-corrected chi connectivity index (χ0v) is 36.2. The van der Waals surface area contributed by atoms with Crippen LogP contribution in [-0.2, 0) is 23.1 Å². The summed E-state index contributed by atoms with van der Waals surface area (Å²) in [4.78, 5) is 12.4. The molecule has 7 nitrogen and oxygen atoms in total. The normalized spacial score (nSPS) is 14.2. The molecular weight excluding hydrogens is 669 g/mol. The molecule has 8 heteroatoms. The number of hydrogen-bond donors (Lipinski definition) is 0. The molecule has 52 heavy (non-hydrogen) atoms. The topological polar surface area (TPSA) is 77.1 Å². The number of ether oxygens (including phenoxy) is 2. The van der Waals surface area contributed by atoms with Crippen LogP contribution in [0.2, 0.25) is 0 Å². The molecular formula is C44H88NO6P. The second kappa shape index (κ2) is 38.7. The van der Waals surface area contributed by atoms with Crippen LogP contribution in [0.25, 0.3) is 0 Å². The molecule has 310 valence electrons. The van der Waals surface area contributed by atoms with Crippen molar-refractivity contribution in [2.45, 2.75) is 200 Å². The number of hydrogen-bond acceptors (Lipinski definition) is 6. The Kier molecular flexibility index (Phi) is 38.3. The zero-order valence-electron chi connectivity index (χ0n) is 35.3. The highest BCUT2D eigenvalue weighted by Crippen LogP contribution is 2.38. The van der Waals surface area contributed by atoms with Gasteiger partial charge in [-0.05, 0) is 64.2 Å². The highest BCUT2D eigenvalue weighted by molar-refractivity contribution is 7.45. The molecule has 0 saturated heterocycles. The molecule has 0 aliphatic carbocycles. The Bertz CT molecular complexity index is 830. The van der Waals surface area contributed by atoms with E-state index in [0.717, 1.165) is 32.1 Å². The Morgan fingerprint density at radius 2 is 0.885 bits per heavy atom. The van der Waals surface area contributed by atoms with Crippen LogP contribution < -0.4 is 4.89 Å². The summed E-state index contributed by atoms with van der Waals surface area (Å²) in [5, 5.41) is 0. The molecule has 2 atom stereocenters. The average Bonchev–Trinajstić information content (AvgIpc) is 3.10. The van der Waals surface area contributed by atoms with Crippen LogP contribution in [0.1, 0.15) is 194 Å². The quantitative estimate of drug-likeness (QED) is 0.0267. The first-order chi connectivity index (χ1) is 25.2. The Morgan fingerprint density at radius 3 is 1.31 bits per heavy atom. The molecule has 0 N–H and O–H groups in total. The number of phosphoric acid groups is 1. The van der Waals surface area contributed by atoms with Gasteiger partial charge in [0.25, 0.3) is 7.82 Å². The van der Waals surface area contributed by atoms with E-state index in [2.05, 4.69) is 38.2 Å². The van der Waals surface area contributed by atoms with Crippen molar-refractivity contribution in [2.24, 2.45) is 0 Å². The molecule has 0 saturated carbocycles. The number of quaternary nitrogens is 1. The Labute approximate surface area is 324 Å². The fraction of sp³-hybridized carbons (Fsp3) is 0.909. The van der Waals surface area contributed by atoms with E-state index in [0.29, 0.717) is 30.8 Å². The molecule has 0 aromatic rings. The zero-order chi connectivity index (χ0) is 38.3. The molecule has 0 aromatic carbocycles. The van der Waals surface area contributed by atoms with Gasteiger partial charge in [-0.2, -0.15) is 0 Å². The number of unbranched alkanes of at least 4 members (excludes halogenated alkanes) is 24. The summed E-state index contributed by atoms with van der Waals surface area (Å²) in [7, 11) is 1.59. The van der Waals surface area contributed by atoms with Crippen molar-refractivity contribution in [2.75, 3.05) is 60.7 Å². The van der Waals surface area contributed by atoms with E-state index in [4.69, 9.17) is 18.5 Å². The van der Waals surface area contributed by atoms with E-state index >= 15 is 0 Å². The fourth-order valence-electron chi connectivity index (χ4n) is 6.05. The van der Waals surface area contributed by atoms with E-state index < -0.39 is 13.9 Å². The molecule has 2 unspecified atom stereocenters. The maximum Gasteiger partial charge on any atom is 0.268 e. The van der Waals surface area contributed by atoms with Gasteiger partial charge in [-0.3, -0.25) is 4.57 Å². The Balaban J connectivity index is 4.12. The van der Waals surface area contributed by atoms with Crippen molar-refractivity contribution >= 4 is 7.82 Å². The number of likely N-dealkylation sites (N-methyl/N-ethyl adjacent to an activating group) is 1. The fourth-order valence-corrected chi connectivity index (χ4v) is 6.78. The lowest BCUT2D eigenvalue weighted by Crippen LogP contribution is -2.37. The average molecular weight is 758 g/mol. The summed E-state index contributed by atoms with van der Waals surface area (Å²) in [5.41, 5.74) is 0. The van der Waals surface area contributed by atoms with Crippen LogP contribution in [0.15, 0.2) is 24.3 Å². The number of allylic oxidation sites excluding steroid dienone is 4. The minimum atomic E-state index is -4.39. The van der Waals surface area contributed by atoms with Gasteiger partial charge in [-0.1, -0.05) is 154 Å². The number of phosphoric ester groups is 1. The maximum absolute atomic E-state index is 12.4. The molecule has 0 aliphatic rings. The van der Waals surface area contributed by atoms with Crippen LogP contribution >= 0.6 is 7.82 Å². The van der Waals surface area contributed by atoms with Crippen molar-refractivity contribution < 1.29 is 32.5 Å². The van der Waals surface area contributed by atoms with Crippen LogP contribution in [0, 0.1) is 0 Å². The molecule has 0 fully saturated rings. The van der Waals surface area contributed by atoms with Gasteiger partial charge >= 0.3 is 0 Å². The van der Waals surface area contributed by atoms with Crippen molar-refractivity contribution in [1.29, 1.82) is 0 Å². The van der Waals surface area contributed by atoms with Crippen LogP contribution in [0.4, 0.5) is 0 Å². The van der Waals surface area contributed by atoms with Crippen molar-refractivity contribution in [3.05, 3.63) is 24.3 Å². The summed E-state index contributed by atoms with van der Waals surface area (Å²) >= 11 is 0. The summed E-state index contributed by atoms with van der Waals surface area (Å²) in [6.45, 7) is 6.69. The molecule has 0 aromatic heterocycles. The first-order valence-corrected chi connectivity index (χ1v) is 23.6. The highest BCUT2D eigenvalue weighted by Gasteiger charge is 2.18. The lowest BCUT2D eigenvalue weighted by molar-refractivity contribution is -0.870. The third kappa shape index (κ3) is 42.2. The van der Waals surface area contributed by atoms with Crippen LogP contribution in [0.5, 0.6) is 0 Å². The summed E-state index contributed by atoms with van der Waals surface area (Å²) in [6, 6.07) is 0. The first kappa shape index (κ1) is 51.5. The van der Waals surface area contributed by atoms with E-state index in [1.165, 1.54) is 148 Å². The molecule has 0 aliphatic heterocycles. The van der Waals surface area contributed by atoms with Gasteiger partial charge in [-0.25, -0.2) is 0 Å². The van der Waals surface area contributed by atoms with Crippen LogP contribution in [-0.4, -0.2) is 71.3 Å². The molecule has 0 rings (SSSR count). The van der Waals surface area contributed by atoms with Gasteiger partial charge in [-0.15, -0.1) is 0 Å². The van der Waals surface area contributed by atoms with Gasteiger partial charge in [0.15, 0.2) is 0 Å². The minimum absolute atomic E-state index is 0.0811. The second-order valence-corrected chi connectivity index (χ2v) is 17.4. The Hall–Kier alpha value is -0.530. The van der Waals surface area contributed by atoms with E-state index in [1.807, 2.05) is 21.1 Å². The van der Waals surface area contributed by atoms with Gasteiger partial charge in [0.1, 0.15) is 19.3 Å². The van der Waals surface area contributed by atoms with Gasteiger partial charge < -0.3 is 27.9 Å². The van der Waals surface area contributed by atoms with E-state index in [9.17, 15) is 9.46 Å². The number of nitrogens with zero attached hydrogens (tertiary/aromatic N) is 1. The third-order valence-electron chi connectivity index (χ3n) is 9.54. The molecule has 0 spiro atoms. The van der Waals surface area contributed by atoms with Crippen LogP contribution in [0.3, 0.4) is 0 Å².